The Morgan fingerprint density at radius 1 is 1.37 bits per heavy atom. The molecular weight excluding hydrogens is 262 g/mol. The Balaban J connectivity index is 2.37. The maximum absolute atomic E-state index is 11.1. The number of sulfonamides is 1. The molecule has 0 spiro atoms. The predicted molar refractivity (Wildman–Crippen MR) is 76.5 cm³/mol. The number of fused-ring (bicyclic) bond motifs is 1. The molecular formula is C13H19N3O2S. The third-order valence-electron chi connectivity index (χ3n) is 2.99. The van der Waals surface area contributed by atoms with Gasteiger partial charge in [-0.2, -0.15) is 0 Å². The van der Waals surface area contributed by atoms with Crippen molar-refractivity contribution in [2.75, 3.05) is 6.26 Å². The molecule has 2 rings (SSSR count). The second kappa shape index (κ2) is 4.94. The summed E-state index contributed by atoms with van der Waals surface area (Å²) in [7, 11) is -3.17. The maximum Gasteiger partial charge on any atom is 0.209 e. The molecule has 1 heterocycles. The molecule has 2 aromatic rings. The van der Waals surface area contributed by atoms with Gasteiger partial charge < -0.3 is 4.57 Å². The quantitative estimate of drug-likeness (QED) is 0.932. The van der Waals surface area contributed by atoms with Crippen LogP contribution in [0.4, 0.5) is 0 Å². The van der Waals surface area contributed by atoms with E-state index in [1.54, 1.807) is 0 Å². The van der Waals surface area contributed by atoms with Crippen LogP contribution in [0.15, 0.2) is 18.2 Å². The second-order valence-electron chi connectivity index (χ2n) is 5.04. The highest BCUT2D eigenvalue weighted by Gasteiger charge is 2.10. The molecule has 0 saturated carbocycles. The molecule has 0 amide bonds. The van der Waals surface area contributed by atoms with Gasteiger partial charge in [0.25, 0.3) is 0 Å². The van der Waals surface area contributed by atoms with Crippen LogP contribution in [0.3, 0.4) is 0 Å². The number of nitrogens with one attached hydrogen (secondary N) is 1. The molecule has 0 aliphatic carbocycles. The van der Waals surface area contributed by atoms with Crippen molar-refractivity contribution >= 4 is 21.1 Å². The molecule has 5 nitrogen and oxygen atoms in total. The van der Waals surface area contributed by atoms with E-state index in [2.05, 4.69) is 28.1 Å². The summed E-state index contributed by atoms with van der Waals surface area (Å²) >= 11 is 0. The summed E-state index contributed by atoms with van der Waals surface area (Å²) in [4.78, 5) is 4.53. The molecule has 19 heavy (non-hydrogen) atoms. The van der Waals surface area contributed by atoms with E-state index in [9.17, 15) is 8.42 Å². The van der Waals surface area contributed by atoms with Gasteiger partial charge in [0, 0.05) is 12.6 Å². The summed E-state index contributed by atoms with van der Waals surface area (Å²) in [6.45, 7) is 6.51. The minimum Gasteiger partial charge on any atom is -0.326 e. The van der Waals surface area contributed by atoms with Crippen LogP contribution in [-0.4, -0.2) is 24.2 Å². The number of hydrogen-bond donors (Lipinski definition) is 1. The smallest absolute Gasteiger partial charge is 0.209 e. The molecule has 0 unspecified atom stereocenters. The van der Waals surface area contributed by atoms with Gasteiger partial charge in [0.15, 0.2) is 0 Å². The molecule has 0 atom stereocenters. The van der Waals surface area contributed by atoms with E-state index in [1.807, 2.05) is 25.1 Å². The normalized spacial score (nSPS) is 12.5. The lowest BCUT2D eigenvalue weighted by atomic mass is 10.2. The van der Waals surface area contributed by atoms with Gasteiger partial charge in [0.1, 0.15) is 5.82 Å². The van der Waals surface area contributed by atoms with Crippen LogP contribution in [0.2, 0.25) is 0 Å². The fourth-order valence-corrected chi connectivity index (χ4v) is 2.67. The second-order valence-corrected chi connectivity index (χ2v) is 6.87. The molecule has 6 heteroatoms. The topological polar surface area (TPSA) is 64.0 Å². The molecule has 0 fully saturated rings. The van der Waals surface area contributed by atoms with Crippen molar-refractivity contribution in [3.63, 3.8) is 0 Å². The molecule has 1 N–H and O–H groups in total. The summed E-state index contributed by atoms with van der Waals surface area (Å²) < 4.78 is 26.8. The van der Waals surface area contributed by atoms with Crippen LogP contribution in [-0.2, 0) is 16.6 Å². The first-order valence-corrected chi connectivity index (χ1v) is 8.09. The summed E-state index contributed by atoms with van der Waals surface area (Å²) in [6, 6.07) is 6.21. The Morgan fingerprint density at radius 3 is 2.63 bits per heavy atom. The van der Waals surface area contributed by atoms with Crippen molar-refractivity contribution in [2.45, 2.75) is 33.4 Å². The fourth-order valence-electron chi connectivity index (χ4n) is 2.24. The summed E-state index contributed by atoms with van der Waals surface area (Å²) in [6.07, 6.45) is 1.16. The molecule has 0 aliphatic rings. The average Bonchev–Trinajstić information content (AvgIpc) is 2.60. The van der Waals surface area contributed by atoms with Gasteiger partial charge in [-0.3, -0.25) is 0 Å². The maximum atomic E-state index is 11.1. The lowest BCUT2D eigenvalue weighted by Gasteiger charge is -2.10. The largest absolute Gasteiger partial charge is 0.326 e. The first-order valence-electron chi connectivity index (χ1n) is 6.20. The van der Waals surface area contributed by atoms with Crippen LogP contribution in [0.25, 0.3) is 11.0 Å². The van der Waals surface area contributed by atoms with Gasteiger partial charge in [-0.25, -0.2) is 18.1 Å². The zero-order valence-electron chi connectivity index (χ0n) is 11.6. The third kappa shape index (κ3) is 3.13. The van der Waals surface area contributed by atoms with Crippen LogP contribution in [0.5, 0.6) is 0 Å². The zero-order chi connectivity index (χ0) is 14.2. The van der Waals surface area contributed by atoms with Crippen molar-refractivity contribution in [1.29, 1.82) is 0 Å². The van der Waals surface area contributed by atoms with Gasteiger partial charge in [0.2, 0.25) is 10.0 Å². The lowest BCUT2D eigenvalue weighted by molar-refractivity contribution is 0.587. The molecule has 0 bridgehead atoms. The number of hydrogen-bond acceptors (Lipinski definition) is 3. The standard InChI is InChI=1S/C13H19N3O2S/c1-9(2)16-10(3)15-12-7-11(5-6-13(12)16)8-14-19(4,17)18/h5-7,9,14H,8H2,1-4H3. The highest BCUT2D eigenvalue weighted by Crippen LogP contribution is 2.21. The van der Waals surface area contributed by atoms with E-state index in [0.29, 0.717) is 12.6 Å². The van der Waals surface area contributed by atoms with Gasteiger partial charge in [-0.1, -0.05) is 6.07 Å². The Hall–Kier alpha value is -1.40. The minimum atomic E-state index is -3.17. The Bertz CT molecular complexity index is 702. The van der Waals surface area contributed by atoms with Crippen molar-refractivity contribution < 1.29 is 8.42 Å². The predicted octanol–water partition coefficient (Wildman–Crippen LogP) is 1.97. The van der Waals surface area contributed by atoms with E-state index in [4.69, 9.17) is 0 Å². The molecule has 104 valence electrons. The number of aryl methyl sites for hydroxylation is 1. The van der Waals surface area contributed by atoms with Crippen LogP contribution in [0, 0.1) is 6.92 Å². The fraction of sp³-hybridized carbons (Fsp3) is 0.462. The Kier molecular flexibility index (Phi) is 3.64. The van der Waals surface area contributed by atoms with Crippen molar-refractivity contribution in [3.8, 4) is 0 Å². The van der Waals surface area contributed by atoms with E-state index in [0.717, 1.165) is 28.7 Å². The average molecular weight is 281 g/mol. The van der Waals surface area contributed by atoms with E-state index >= 15 is 0 Å². The minimum absolute atomic E-state index is 0.294. The highest BCUT2D eigenvalue weighted by atomic mass is 32.2. The van der Waals surface area contributed by atoms with Crippen molar-refractivity contribution in [3.05, 3.63) is 29.6 Å². The first-order chi connectivity index (χ1) is 8.78. The summed E-state index contributed by atoms with van der Waals surface area (Å²) in [5, 5.41) is 0. The SMILES string of the molecule is Cc1nc2cc(CNS(C)(=O)=O)ccc2n1C(C)C. The molecule has 1 aromatic carbocycles. The molecule has 1 aromatic heterocycles. The number of aromatic nitrogens is 2. The van der Waals surface area contributed by atoms with E-state index in [-0.39, 0.29) is 0 Å². The summed E-state index contributed by atoms with van der Waals surface area (Å²) in [5.74, 6) is 0.971. The molecule has 0 saturated heterocycles. The summed E-state index contributed by atoms with van der Waals surface area (Å²) in [5.41, 5.74) is 2.89. The van der Waals surface area contributed by atoms with Gasteiger partial charge in [-0.05, 0) is 38.5 Å². The third-order valence-corrected chi connectivity index (χ3v) is 3.65. The number of rotatable bonds is 4. The van der Waals surface area contributed by atoms with Crippen LogP contribution >= 0.6 is 0 Å². The lowest BCUT2D eigenvalue weighted by Crippen LogP contribution is -2.21. The van der Waals surface area contributed by atoms with Crippen LogP contribution in [0.1, 0.15) is 31.3 Å². The number of imidazole rings is 1. The van der Waals surface area contributed by atoms with Gasteiger partial charge >= 0.3 is 0 Å². The Morgan fingerprint density at radius 2 is 2.05 bits per heavy atom. The first kappa shape index (κ1) is 14.0. The number of nitrogens with zero attached hydrogens (tertiary/aromatic N) is 2. The zero-order valence-corrected chi connectivity index (χ0v) is 12.5. The van der Waals surface area contributed by atoms with Gasteiger partial charge in [-0.15, -0.1) is 0 Å². The van der Waals surface area contributed by atoms with E-state index in [1.165, 1.54) is 0 Å². The highest BCUT2D eigenvalue weighted by molar-refractivity contribution is 7.88. The monoisotopic (exact) mass is 281 g/mol. The van der Waals surface area contributed by atoms with E-state index < -0.39 is 10.0 Å². The van der Waals surface area contributed by atoms with Crippen LogP contribution < -0.4 is 4.72 Å². The van der Waals surface area contributed by atoms with Gasteiger partial charge in [0.05, 0.1) is 17.3 Å². The molecule has 0 aliphatic heterocycles. The van der Waals surface area contributed by atoms with Crippen molar-refractivity contribution in [2.24, 2.45) is 0 Å². The number of benzene rings is 1. The Labute approximate surface area is 113 Å². The van der Waals surface area contributed by atoms with Crippen molar-refractivity contribution in [1.82, 2.24) is 14.3 Å². The molecule has 0 radical (unpaired) electrons.